The average molecular weight is 310 g/mol. The Hall–Kier alpha value is -1.70. The molecule has 1 aromatic carbocycles. The Bertz CT molecular complexity index is 667. The highest BCUT2D eigenvalue weighted by Gasteiger charge is 2.23. The zero-order chi connectivity index (χ0) is 15.3. The summed E-state index contributed by atoms with van der Waals surface area (Å²) in [6.07, 6.45) is 0. The van der Waals surface area contributed by atoms with Crippen LogP contribution in [0.3, 0.4) is 0 Å². The van der Waals surface area contributed by atoms with Gasteiger partial charge in [0.25, 0.3) is 0 Å². The lowest BCUT2D eigenvalue weighted by Gasteiger charge is -2.20. The van der Waals surface area contributed by atoms with Crippen LogP contribution in [0.2, 0.25) is 0 Å². The van der Waals surface area contributed by atoms with Gasteiger partial charge in [-0.2, -0.15) is 4.31 Å². The molecule has 2 rings (SSSR count). The molecule has 0 spiro atoms. The van der Waals surface area contributed by atoms with Crippen LogP contribution in [0.1, 0.15) is 17.0 Å². The van der Waals surface area contributed by atoms with E-state index in [1.54, 1.807) is 13.0 Å². The number of rotatable bonds is 7. The van der Waals surface area contributed by atoms with Crippen molar-refractivity contribution in [3.05, 3.63) is 53.4 Å². The van der Waals surface area contributed by atoms with E-state index in [-0.39, 0.29) is 25.4 Å². The minimum absolute atomic E-state index is 0.0497. The summed E-state index contributed by atoms with van der Waals surface area (Å²) in [5, 5.41) is 12.8. The van der Waals surface area contributed by atoms with Gasteiger partial charge in [0.15, 0.2) is 0 Å². The summed E-state index contributed by atoms with van der Waals surface area (Å²) in [6, 6.07) is 10.9. The van der Waals surface area contributed by atoms with Crippen LogP contribution in [-0.4, -0.2) is 36.1 Å². The molecule has 6 nitrogen and oxygen atoms in total. The second-order valence-electron chi connectivity index (χ2n) is 4.73. The highest BCUT2D eigenvalue weighted by atomic mass is 32.2. The summed E-state index contributed by atoms with van der Waals surface area (Å²) in [4.78, 5) is 0. The van der Waals surface area contributed by atoms with Gasteiger partial charge in [-0.15, -0.1) is 0 Å². The zero-order valence-electron chi connectivity index (χ0n) is 11.8. The molecule has 0 bridgehead atoms. The molecule has 0 atom stereocenters. The van der Waals surface area contributed by atoms with Crippen molar-refractivity contribution >= 4 is 10.0 Å². The van der Waals surface area contributed by atoms with Gasteiger partial charge in [-0.3, -0.25) is 0 Å². The summed E-state index contributed by atoms with van der Waals surface area (Å²) >= 11 is 0. The molecule has 1 N–H and O–H groups in total. The van der Waals surface area contributed by atoms with Gasteiger partial charge in [-0.1, -0.05) is 35.5 Å². The molecule has 7 heteroatoms. The quantitative estimate of drug-likeness (QED) is 0.833. The number of aliphatic hydroxyl groups is 1. The van der Waals surface area contributed by atoms with Gasteiger partial charge >= 0.3 is 0 Å². The lowest BCUT2D eigenvalue weighted by molar-refractivity contribution is 0.251. The Morgan fingerprint density at radius 2 is 2.00 bits per heavy atom. The fourth-order valence-electron chi connectivity index (χ4n) is 1.98. The molecule has 0 radical (unpaired) electrons. The number of benzene rings is 1. The summed E-state index contributed by atoms with van der Waals surface area (Å²) in [6.45, 7) is 1.75. The predicted molar refractivity (Wildman–Crippen MR) is 77.8 cm³/mol. The van der Waals surface area contributed by atoms with E-state index in [0.29, 0.717) is 11.5 Å². The van der Waals surface area contributed by atoms with Crippen molar-refractivity contribution in [2.75, 3.05) is 13.2 Å². The first-order chi connectivity index (χ1) is 10.0. The molecule has 0 saturated heterocycles. The molecular weight excluding hydrogens is 292 g/mol. The van der Waals surface area contributed by atoms with Gasteiger partial charge in [0.05, 0.1) is 6.61 Å². The van der Waals surface area contributed by atoms with Crippen LogP contribution in [-0.2, 0) is 22.3 Å². The minimum atomic E-state index is -3.57. The SMILES string of the molecule is Cc1cc(CS(=O)(=O)N(CCO)Cc2ccccc2)no1. The van der Waals surface area contributed by atoms with Gasteiger partial charge in [0, 0.05) is 19.2 Å². The van der Waals surface area contributed by atoms with E-state index in [1.165, 1.54) is 4.31 Å². The zero-order valence-corrected chi connectivity index (χ0v) is 12.6. The maximum atomic E-state index is 12.4. The number of aryl methyl sites for hydroxylation is 1. The molecular formula is C14H18N2O4S. The Kier molecular flexibility index (Phi) is 5.11. The Labute approximate surface area is 124 Å². The molecule has 0 unspecified atom stereocenters. The van der Waals surface area contributed by atoms with E-state index in [0.717, 1.165) is 5.56 Å². The number of hydrogen-bond acceptors (Lipinski definition) is 5. The second-order valence-corrected chi connectivity index (χ2v) is 6.70. The highest BCUT2D eigenvalue weighted by molar-refractivity contribution is 7.88. The molecule has 0 aliphatic rings. The third-order valence-corrected chi connectivity index (χ3v) is 4.71. The van der Waals surface area contributed by atoms with E-state index >= 15 is 0 Å². The van der Waals surface area contributed by atoms with Crippen LogP contribution < -0.4 is 0 Å². The molecule has 21 heavy (non-hydrogen) atoms. The van der Waals surface area contributed by atoms with E-state index in [9.17, 15) is 8.42 Å². The fourth-order valence-corrected chi connectivity index (χ4v) is 3.38. The Morgan fingerprint density at radius 3 is 2.57 bits per heavy atom. The van der Waals surface area contributed by atoms with Crippen LogP contribution in [0.5, 0.6) is 0 Å². The maximum absolute atomic E-state index is 12.4. The van der Waals surface area contributed by atoms with E-state index in [2.05, 4.69) is 5.16 Å². The van der Waals surface area contributed by atoms with Crippen molar-refractivity contribution in [3.8, 4) is 0 Å². The van der Waals surface area contributed by atoms with Crippen molar-refractivity contribution in [3.63, 3.8) is 0 Å². The smallest absolute Gasteiger partial charge is 0.220 e. The summed E-state index contributed by atoms with van der Waals surface area (Å²) in [7, 11) is -3.57. The molecule has 0 saturated carbocycles. The largest absolute Gasteiger partial charge is 0.395 e. The Morgan fingerprint density at radius 1 is 1.29 bits per heavy atom. The number of hydrogen-bond donors (Lipinski definition) is 1. The molecule has 0 fully saturated rings. The summed E-state index contributed by atoms with van der Waals surface area (Å²) in [5.41, 5.74) is 1.23. The Balaban J connectivity index is 2.15. The molecule has 0 aliphatic carbocycles. The molecule has 1 heterocycles. The van der Waals surface area contributed by atoms with Gasteiger partial charge < -0.3 is 9.63 Å². The lowest BCUT2D eigenvalue weighted by Crippen LogP contribution is -2.34. The molecule has 1 aromatic heterocycles. The topological polar surface area (TPSA) is 83.6 Å². The van der Waals surface area contributed by atoms with E-state index < -0.39 is 10.0 Å². The fraction of sp³-hybridized carbons (Fsp3) is 0.357. The van der Waals surface area contributed by atoms with E-state index in [1.807, 2.05) is 30.3 Å². The van der Waals surface area contributed by atoms with Gasteiger partial charge in [-0.05, 0) is 12.5 Å². The van der Waals surface area contributed by atoms with Crippen molar-refractivity contribution < 1.29 is 18.0 Å². The van der Waals surface area contributed by atoms with Crippen molar-refractivity contribution in [1.29, 1.82) is 0 Å². The second kappa shape index (κ2) is 6.84. The average Bonchev–Trinajstić information content (AvgIpc) is 2.84. The van der Waals surface area contributed by atoms with Crippen LogP contribution in [0.4, 0.5) is 0 Å². The van der Waals surface area contributed by atoms with Crippen molar-refractivity contribution in [2.45, 2.75) is 19.2 Å². The molecule has 2 aromatic rings. The number of aliphatic hydroxyl groups excluding tert-OH is 1. The molecule has 114 valence electrons. The standard InChI is InChI=1S/C14H18N2O4S/c1-12-9-14(15-20-12)11-21(18,19)16(7-8-17)10-13-5-3-2-4-6-13/h2-6,9,17H,7-8,10-11H2,1H3. The third kappa shape index (κ3) is 4.38. The normalized spacial score (nSPS) is 12.0. The van der Waals surface area contributed by atoms with Crippen molar-refractivity contribution in [1.82, 2.24) is 9.46 Å². The molecule has 0 aliphatic heterocycles. The van der Waals surface area contributed by atoms with Gasteiger partial charge in [0.1, 0.15) is 17.2 Å². The number of sulfonamides is 1. The first-order valence-corrected chi connectivity index (χ1v) is 8.17. The van der Waals surface area contributed by atoms with Crippen LogP contribution in [0.15, 0.2) is 40.9 Å². The first kappa shape index (κ1) is 15.7. The number of nitrogens with zero attached hydrogens (tertiary/aromatic N) is 2. The summed E-state index contributed by atoms with van der Waals surface area (Å²) in [5.74, 6) is 0.328. The highest BCUT2D eigenvalue weighted by Crippen LogP contribution is 2.14. The molecule has 0 amide bonds. The van der Waals surface area contributed by atoms with Gasteiger partial charge in [-0.25, -0.2) is 8.42 Å². The maximum Gasteiger partial charge on any atom is 0.220 e. The predicted octanol–water partition coefficient (Wildman–Crippen LogP) is 1.31. The first-order valence-electron chi connectivity index (χ1n) is 6.56. The van der Waals surface area contributed by atoms with Gasteiger partial charge in [0.2, 0.25) is 10.0 Å². The third-order valence-electron chi connectivity index (χ3n) is 2.95. The van der Waals surface area contributed by atoms with E-state index in [4.69, 9.17) is 9.63 Å². The lowest BCUT2D eigenvalue weighted by atomic mass is 10.2. The monoisotopic (exact) mass is 310 g/mol. The van der Waals surface area contributed by atoms with Crippen LogP contribution >= 0.6 is 0 Å². The van der Waals surface area contributed by atoms with Crippen molar-refractivity contribution in [2.24, 2.45) is 0 Å². The number of aromatic nitrogens is 1. The van der Waals surface area contributed by atoms with Crippen LogP contribution in [0.25, 0.3) is 0 Å². The summed E-state index contributed by atoms with van der Waals surface area (Å²) < 4.78 is 31.0. The minimum Gasteiger partial charge on any atom is -0.395 e. The van der Waals surface area contributed by atoms with Crippen LogP contribution in [0, 0.1) is 6.92 Å².